The number of amides is 1. The van der Waals surface area contributed by atoms with Crippen molar-refractivity contribution in [3.63, 3.8) is 0 Å². The summed E-state index contributed by atoms with van der Waals surface area (Å²) in [5, 5.41) is 11.9. The molecule has 20 heavy (non-hydrogen) atoms. The van der Waals surface area contributed by atoms with E-state index >= 15 is 0 Å². The van der Waals surface area contributed by atoms with Crippen molar-refractivity contribution in [2.24, 2.45) is 0 Å². The van der Waals surface area contributed by atoms with E-state index in [-0.39, 0.29) is 11.6 Å². The quantitative estimate of drug-likeness (QED) is 0.791. The number of pyridine rings is 1. The number of carboxylic acid groups (broad SMARTS) is 1. The predicted octanol–water partition coefficient (Wildman–Crippen LogP) is 2.67. The standard InChI is InChI=1S/C14H19ClN2O3/c1-4-6-10-7-9(8-11(15)16-10)12(18)17-14(3,5-2)13(19)20/h7-8H,4-6H2,1-3H3,(H,17,18)(H,19,20). The van der Waals surface area contributed by atoms with E-state index in [1.165, 1.54) is 13.0 Å². The first-order valence-corrected chi connectivity index (χ1v) is 6.92. The number of carbonyl (C=O) groups is 2. The van der Waals surface area contributed by atoms with Crippen molar-refractivity contribution in [1.29, 1.82) is 0 Å². The van der Waals surface area contributed by atoms with E-state index in [4.69, 9.17) is 16.7 Å². The van der Waals surface area contributed by atoms with Gasteiger partial charge in [-0.2, -0.15) is 0 Å². The Bertz CT molecular complexity index is 519. The number of nitrogens with one attached hydrogen (secondary N) is 1. The molecule has 1 amide bonds. The minimum atomic E-state index is -1.29. The Balaban J connectivity index is 3.00. The van der Waals surface area contributed by atoms with Crippen LogP contribution < -0.4 is 5.32 Å². The number of hydrogen-bond donors (Lipinski definition) is 2. The van der Waals surface area contributed by atoms with Gasteiger partial charge < -0.3 is 10.4 Å². The molecule has 0 fully saturated rings. The first-order valence-electron chi connectivity index (χ1n) is 6.54. The van der Waals surface area contributed by atoms with Crippen molar-refractivity contribution >= 4 is 23.5 Å². The molecule has 1 aromatic rings. The van der Waals surface area contributed by atoms with Crippen LogP contribution in [0.1, 0.15) is 49.7 Å². The number of aromatic nitrogens is 1. The minimum absolute atomic E-state index is 0.231. The number of halogens is 1. The third kappa shape index (κ3) is 3.93. The summed E-state index contributed by atoms with van der Waals surface area (Å²) in [5.41, 5.74) is -0.245. The molecule has 1 aromatic heterocycles. The van der Waals surface area contributed by atoms with Crippen molar-refractivity contribution in [1.82, 2.24) is 10.3 Å². The summed E-state index contributed by atoms with van der Waals surface area (Å²) < 4.78 is 0. The third-order valence-electron chi connectivity index (χ3n) is 3.18. The van der Waals surface area contributed by atoms with Gasteiger partial charge in [0.1, 0.15) is 10.7 Å². The highest BCUT2D eigenvalue weighted by molar-refractivity contribution is 6.29. The fourth-order valence-corrected chi connectivity index (χ4v) is 1.91. The second kappa shape index (κ2) is 6.70. The highest BCUT2D eigenvalue weighted by Crippen LogP contribution is 2.15. The summed E-state index contributed by atoms with van der Waals surface area (Å²) in [6.45, 7) is 5.18. The van der Waals surface area contributed by atoms with Crippen LogP contribution in [0, 0.1) is 0 Å². The molecule has 1 heterocycles. The van der Waals surface area contributed by atoms with Gasteiger partial charge in [-0.3, -0.25) is 4.79 Å². The molecule has 0 spiro atoms. The summed E-state index contributed by atoms with van der Waals surface area (Å²) >= 11 is 5.89. The molecular weight excluding hydrogens is 280 g/mol. The van der Waals surface area contributed by atoms with Gasteiger partial charge >= 0.3 is 5.97 Å². The van der Waals surface area contributed by atoms with E-state index in [2.05, 4.69) is 10.3 Å². The molecule has 5 nitrogen and oxygen atoms in total. The second-order valence-electron chi connectivity index (χ2n) is 4.86. The smallest absolute Gasteiger partial charge is 0.329 e. The number of carbonyl (C=O) groups excluding carboxylic acids is 1. The Labute approximate surface area is 123 Å². The van der Waals surface area contributed by atoms with E-state index in [1.807, 2.05) is 6.92 Å². The maximum Gasteiger partial charge on any atom is 0.329 e. The van der Waals surface area contributed by atoms with Crippen LogP contribution in [0.3, 0.4) is 0 Å². The van der Waals surface area contributed by atoms with Gasteiger partial charge in [0, 0.05) is 11.3 Å². The summed E-state index contributed by atoms with van der Waals surface area (Å²) in [6.07, 6.45) is 1.88. The minimum Gasteiger partial charge on any atom is -0.480 e. The molecule has 0 aliphatic carbocycles. The molecule has 0 saturated carbocycles. The molecular formula is C14H19ClN2O3. The van der Waals surface area contributed by atoms with Gasteiger partial charge in [0.15, 0.2) is 0 Å². The normalized spacial score (nSPS) is 13.6. The van der Waals surface area contributed by atoms with Gasteiger partial charge in [-0.15, -0.1) is 0 Å². The van der Waals surface area contributed by atoms with Crippen LogP contribution in [0.15, 0.2) is 12.1 Å². The zero-order valence-corrected chi connectivity index (χ0v) is 12.6. The molecule has 1 atom stereocenters. The molecule has 0 aliphatic heterocycles. The Kier molecular flexibility index (Phi) is 5.51. The van der Waals surface area contributed by atoms with Crippen LogP contribution in [0.4, 0.5) is 0 Å². The molecule has 110 valence electrons. The number of aliphatic carboxylic acids is 1. The van der Waals surface area contributed by atoms with Gasteiger partial charge in [0.25, 0.3) is 5.91 Å². The van der Waals surface area contributed by atoms with Gasteiger partial charge in [-0.1, -0.05) is 31.9 Å². The Morgan fingerprint density at radius 1 is 1.40 bits per heavy atom. The van der Waals surface area contributed by atoms with Crippen LogP contribution >= 0.6 is 11.6 Å². The lowest BCUT2D eigenvalue weighted by Crippen LogP contribution is -2.51. The van der Waals surface area contributed by atoms with Crippen LogP contribution in [0.25, 0.3) is 0 Å². The summed E-state index contributed by atoms with van der Waals surface area (Å²) in [6, 6.07) is 3.08. The first kappa shape index (κ1) is 16.4. The van der Waals surface area contributed by atoms with E-state index < -0.39 is 17.4 Å². The second-order valence-corrected chi connectivity index (χ2v) is 5.25. The lowest BCUT2D eigenvalue weighted by molar-refractivity contribution is -0.143. The number of rotatable bonds is 6. The lowest BCUT2D eigenvalue weighted by atomic mass is 9.98. The number of nitrogens with zero attached hydrogens (tertiary/aromatic N) is 1. The SMILES string of the molecule is CCCc1cc(C(=O)NC(C)(CC)C(=O)O)cc(Cl)n1. The van der Waals surface area contributed by atoms with Crippen LogP contribution in [-0.4, -0.2) is 27.5 Å². The monoisotopic (exact) mass is 298 g/mol. The predicted molar refractivity (Wildman–Crippen MR) is 77.0 cm³/mol. The van der Waals surface area contributed by atoms with Crippen LogP contribution in [-0.2, 0) is 11.2 Å². The Morgan fingerprint density at radius 2 is 2.05 bits per heavy atom. The summed E-state index contributed by atoms with van der Waals surface area (Å²) in [4.78, 5) is 27.5. The molecule has 1 unspecified atom stereocenters. The summed E-state index contributed by atoms with van der Waals surface area (Å²) in [7, 11) is 0. The molecule has 1 rings (SSSR count). The van der Waals surface area contributed by atoms with Crippen molar-refractivity contribution in [2.75, 3.05) is 0 Å². The maximum atomic E-state index is 12.2. The lowest BCUT2D eigenvalue weighted by Gasteiger charge is -2.24. The average molecular weight is 299 g/mol. The molecule has 0 saturated heterocycles. The van der Waals surface area contributed by atoms with Gasteiger partial charge in [0.2, 0.25) is 0 Å². The number of hydrogen-bond acceptors (Lipinski definition) is 3. The van der Waals surface area contributed by atoms with Gasteiger partial charge in [-0.05, 0) is 31.9 Å². The van der Waals surface area contributed by atoms with Gasteiger partial charge in [-0.25, -0.2) is 9.78 Å². The largest absolute Gasteiger partial charge is 0.480 e. The number of carboxylic acids is 1. The van der Waals surface area contributed by atoms with E-state index in [1.54, 1.807) is 13.0 Å². The molecule has 0 aromatic carbocycles. The third-order valence-corrected chi connectivity index (χ3v) is 3.38. The van der Waals surface area contributed by atoms with Gasteiger partial charge in [0.05, 0.1) is 0 Å². The Morgan fingerprint density at radius 3 is 2.55 bits per heavy atom. The topological polar surface area (TPSA) is 79.3 Å². The first-order chi connectivity index (χ1) is 9.32. The van der Waals surface area contributed by atoms with Crippen molar-refractivity contribution in [2.45, 2.75) is 45.6 Å². The molecule has 0 bridgehead atoms. The van der Waals surface area contributed by atoms with E-state index in [0.29, 0.717) is 12.0 Å². The van der Waals surface area contributed by atoms with Crippen molar-refractivity contribution in [3.8, 4) is 0 Å². The molecule has 0 radical (unpaired) electrons. The average Bonchev–Trinajstić information content (AvgIpc) is 2.38. The Hall–Kier alpha value is -1.62. The van der Waals surface area contributed by atoms with E-state index in [0.717, 1.165) is 12.1 Å². The summed E-state index contributed by atoms with van der Waals surface area (Å²) in [5.74, 6) is -1.53. The number of aryl methyl sites for hydroxylation is 1. The van der Waals surface area contributed by atoms with Crippen LogP contribution in [0.2, 0.25) is 5.15 Å². The zero-order chi connectivity index (χ0) is 15.3. The molecule has 2 N–H and O–H groups in total. The van der Waals surface area contributed by atoms with Crippen molar-refractivity contribution < 1.29 is 14.7 Å². The van der Waals surface area contributed by atoms with E-state index in [9.17, 15) is 9.59 Å². The maximum absolute atomic E-state index is 12.2. The molecule has 6 heteroatoms. The molecule has 0 aliphatic rings. The fourth-order valence-electron chi connectivity index (χ4n) is 1.68. The highest BCUT2D eigenvalue weighted by atomic mass is 35.5. The fraction of sp³-hybridized carbons (Fsp3) is 0.500. The van der Waals surface area contributed by atoms with Crippen molar-refractivity contribution in [3.05, 3.63) is 28.5 Å². The zero-order valence-electron chi connectivity index (χ0n) is 11.9. The highest BCUT2D eigenvalue weighted by Gasteiger charge is 2.33. The van der Waals surface area contributed by atoms with Crippen LogP contribution in [0.5, 0.6) is 0 Å².